The summed E-state index contributed by atoms with van der Waals surface area (Å²) >= 11 is 1.72. The average molecular weight is 226 g/mol. The number of ether oxygens (including phenoxy) is 1. The van der Waals surface area contributed by atoms with Crippen LogP contribution in [0.3, 0.4) is 0 Å². The molecule has 0 saturated heterocycles. The number of hydrogen-bond acceptors (Lipinski definition) is 3. The minimum absolute atomic E-state index is 0.294. The summed E-state index contributed by atoms with van der Waals surface area (Å²) in [4.78, 5) is 0. The van der Waals surface area contributed by atoms with Crippen molar-refractivity contribution in [2.24, 2.45) is 0 Å². The summed E-state index contributed by atoms with van der Waals surface area (Å²) in [5.74, 6) is 0. The van der Waals surface area contributed by atoms with Gasteiger partial charge >= 0.3 is 0 Å². The van der Waals surface area contributed by atoms with E-state index in [0.717, 1.165) is 32.3 Å². The molecule has 15 heavy (non-hydrogen) atoms. The Labute approximate surface area is 94.9 Å². The number of hydrogen-bond donors (Lipinski definition) is 1. The smallest absolute Gasteiger partial charge is 0.0700 e. The molecule has 2 nitrogen and oxygen atoms in total. The molecule has 1 saturated carbocycles. The standard InChI is InChI=1S/C12H18O2S/c1-2-14-11-7-12(13,8-11)5-3-10-4-6-15-9-10/h4,6,9,11,13H,2-3,5,7-8H2,1H3. The molecule has 0 bridgehead atoms. The Bertz CT molecular complexity index is 289. The van der Waals surface area contributed by atoms with Crippen molar-refractivity contribution in [3.05, 3.63) is 22.4 Å². The van der Waals surface area contributed by atoms with E-state index in [1.54, 1.807) is 11.3 Å². The maximum Gasteiger partial charge on any atom is 0.0700 e. The second kappa shape index (κ2) is 4.64. The van der Waals surface area contributed by atoms with E-state index in [1.165, 1.54) is 5.56 Å². The third-order valence-corrected chi connectivity index (χ3v) is 3.81. The van der Waals surface area contributed by atoms with Crippen molar-refractivity contribution in [3.63, 3.8) is 0 Å². The van der Waals surface area contributed by atoms with Crippen LogP contribution in [0.25, 0.3) is 0 Å². The van der Waals surface area contributed by atoms with E-state index in [0.29, 0.717) is 6.10 Å². The lowest BCUT2D eigenvalue weighted by molar-refractivity contribution is -0.140. The molecular weight excluding hydrogens is 208 g/mol. The van der Waals surface area contributed by atoms with Crippen molar-refractivity contribution in [3.8, 4) is 0 Å². The van der Waals surface area contributed by atoms with E-state index < -0.39 is 5.60 Å². The second-order valence-electron chi connectivity index (χ2n) is 4.34. The summed E-state index contributed by atoms with van der Waals surface area (Å²) in [5, 5.41) is 14.4. The van der Waals surface area contributed by atoms with Crippen LogP contribution in [-0.2, 0) is 11.2 Å². The first-order chi connectivity index (χ1) is 7.22. The fourth-order valence-corrected chi connectivity index (χ4v) is 2.86. The normalized spacial score (nSPS) is 30.1. The molecule has 2 rings (SSSR count). The van der Waals surface area contributed by atoms with Gasteiger partial charge < -0.3 is 9.84 Å². The lowest BCUT2D eigenvalue weighted by atomic mass is 9.74. The van der Waals surface area contributed by atoms with Crippen LogP contribution >= 0.6 is 11.3 Å². The molecule has 0 radical (unpaired) electrons. The van der Waals surface area contributed by atoms with Gasteiger partial charge in [-0.2, -0.15) is 11.3 Å². The van der Waals surface area contributed by atoms with Gasteiger partial charge in [0.05, 0.1) is 11.7 Å². The van der Waals surface area contributed by atoms with Crippen LogP contribution in [0.4, 0.5) is 0 Å². The van der Waals surface area contributed by atoms with E-state index >= 15 is 0 Å². The van der Waals surface area contributed by atoms with Gasteiger partial charge in [0.25, 0.3) is 0 Å². The minimum Gasteiger partial charge on any atom is -0.390 e. The highest BCUT2D eigenvalue weighted by Gasteiger charge is 2.42. The maximum atomic E-state index is 10.1. The molecule has 1 aromatic rings. The number of aryl methyl sites for hydroxylation is 1. The molecule has 1 fully saturated rings. The summed E-state index contributed by atoms with van der Waals surface area (Å²) < 4.78 is 5.45. The largest absolute Gasteiger partial charge is 0.390 e. The van der Waals surface area contributed by atoms with Gasteiger partial charge in [0, 0.05) is 19.4 Å². The van der Waals surface area contributed by atoms with Crippen LogP contribution in [0, 0.1) is 0 Å². The highest BCUT2D eigenvalue weighted by molar-refractivity contribution is 7.07. The summed E-state index contributed by atoms with van der Waals surface area (Å²) in [7, 11) is 0. The molecule has 0 aliphatic heterocycles. The molecule has 1 aliphatic rings. The quantitative estimate of drug-likeness (QED) is 0.836. The summed E-state index contributed by atoms with van der Waals surface area (Å²) in [5.41, 5.74) is 0.884. The van der Waals surface area contributed by atoms with Crippen molar-refractivity contribution in [1.82, 2.24) is 0 Å². The van der Waals surface area contributed by atoms with E-state index in [1.807, 2.05) is 6.92 Å². The predicted octanol–water partition coefficient (Wildman–Crippen LogP) is 2.61. The Kier molecular flexibility index (Phi) is 3.44. The van der Waals surface area contributed by atoms with Crippen LogP contribution in [-0.4, -0.2) is 23.4 Å². The summed E-state index contributed by atoms with van der Waals surface area (Å²) in [6.07, 6.45) is 3.77. The average Bonchev–Trinajstić information content (AvgIpc) is 2.65. The van der Waals surface area contributed by atoms with Gasteiger partial charge in [0.15, 0.2) is 0 Å². The van der Waals surface area contributed by atoms with Crippen LogP contribution in [0.1, 0.15) is 31.7 Å². The third-order valence-electron chi connectivity index (χ3n) is 3.08. The lowest BCUT2D eigenvalue weighted by Gasteiger charge is -2.43. The number of aliphatic hydroxyl groups is 1. The van der Waals surface area contributed by atoms with E-state index in [9.17, 15) is 5.11 Å². The molecule has 0 amide bonds. The Hall–Kier alpha value is -0.380. The van der Waals surface area contributed by atoms with Crippen molar-refractivity contribution < 1.29 is 9.84 Å². The second-order valence-corrected chi connectivity index (χ2v) is 5.12. The zero-order chi connectivity index (χ0) is 10.7. The van der Waals surface area contributed by atoms with E-state index in [2.05, 4.69) is 16.8 Å². The monoisotopic (exact) mass is 226 g/mol. The van der Waals surface area contributed by atoms with Crippen molar-refractivity contribution in [2.75, 3.05) is 6.61 Å². The van der Waals surface area contributed by atoms with Gasteiger partial charge in [0.1, 0.15) is 0 Å². The molecule has 3 heteroatoms. The Morgan fingerprint density at radius 2 is 2.40 bits per heavy atom. The van der Waals surface area contributed by atoms with Gasteiger partial charge in [-0.1, -0.05) is 0 Å². The van der Waals surface area contributed by atoms with E-state index in [-0.39, 0.29) is 0 Å². The van der Waals surface area contributed by atoms with Gasteiger partial charge in [-0.3, -0.25) is 0 Å². The molecular formula is C12H18O2S. The fraction of sp³-hybridized carbons (Fsp3) is 0.667. The first kappa shape index (κ1) is 11.1. The van der Waals surface area contributed by atoms with Crippen LogP contribution < -0.4 is 0 Å². The number of thiophene rings is 1. The molecule has 0 aromatic carbocycles. The maximum absolute atomic E-state index is 10.1. The Balaban J connectivity index is 1.72. The van der Waals surface area contributed by atoms with Gasteiger partial charge in [-0.25, -0.2) is 0 Å². The summed E-state index contributed by atoms with van der Waals surface area (Å²) in [6, 6.07) is 2.13. The molecule has 84 valence electrons. The van der Waals surface area contributed by atoms with Crippen molar-refractivity contribution in [2.45, 2.75) is 44.3 Å². The third kappa shape index (κ3) is 2.80. The highest BCUT2D eigenvalue weighted by Crippen LogP contribution is 2.38. The SMILES string of the molecule is CCOC1CC(O)(CCc2ccsc2)C1. The molecule has 1 heterocycles. The molecule has 0 atom stereocenters. The lowest BCUT2D eigenvalue weighted by Crippen LogP contribution is -2.48. The molecule has 0 unspecified atom stereocenters. The van der Waals surface area contributed by atoms with Crippen molar-refractivity contribution >= 4 is 11.3 Å². The molecule has 1 aliphatic carbocycles. The molecule has 0 spiro atoms. The topological polar surface area (TPSA) is 29.5 Å². The number of rotatable bonds is 5. The predicted molar refractivity (Wildman–Crippen MR) is 62.2 cm³/mol. The Morgan fingerprint density at radius 3 is 3.00 bits per heavy atom. The van der Waals surface area contributed by atoms with Crippen molar-refractivity contribution in [1.29, 1.82) is 0 Å². The first-order valence-corrected chi connectivity index (χ1v) is 6.51. The van der Waals surface area contributed by atoms with E-state index in [4.69, 9.17) is 4.74 Å². The zero-order valence-corrected chi connectivity index (χ0v) is 9.93. The first-order valence-electron chi connectivity index (χ1n) is 5.57. The fourth-order valence-electron chi connectivity index (χ4n) is 2.16. The molecule has 1 aromatic heterocycles. The van der Waals surface area contributed by atoms with Crippen LogP contribution in [0.15, 0.2) is 16.8 Å². The zero-order valence-electron chi connectivity index (χ0n) is 9.11. The van der Waals surface area contributed by atoms with Gasteiger partial charge in [-0.05, 0) is 42.2 Å². The summed E-state index contributed by atoms with van der Waals surface area (Å²) in [6.45, 7) is 2.76. The van der Waals surface area contributed by atoms with Crippen LogP contribution in [0.2, 0.25) is 0 Å². The Morgan fingerprint density at radius 1 is 1.60 bits per heavy atom. The van der Waals surface area contributed by atoms with Gasteiger partial charge in [-0.15, -0.1) is 0 Å². The van der Waals surface area contributed by atoms with Gasteiger partial charge in [0.2, 0.25) is 0 Å². The molecule has 1 N–H and O–H groups in total. The highest BCUT2D eigenvalue weighted by atomic mass is 32.1. The van der Waals surface area contributed by atoms with Crippen LogP contribution in [0.5, 0.6) is 0 Å². The minimum atomic E-state index is -0.457.